The molecule has 1 aliphatic rings. The summed E-state index contributed by atoms with van der Waals surface area (Å²) >= 11 is 12.1. The van der Waals surface area contributed by atoms with Crippen LogP contribution in [0.25, 0.3) is 10.9 Å². The lowest BCUT2D eigenvalue weighted by molar-refractivity contribution is 0.0684. The average molecular weight is 472 g/mol. The largest absolute Gasteiger partial charge is 0.496 e. The van der Waals surface area contributed by atoms with Crippen molar-refractivity contribution in [2.45, 2.75) is 6.42 Å². The van der Waals surface area contributed by atoms with Gasteiger partial charge in [-0.05, 0) is 29.8 Å². The predicted molar refractivity (Wildman–Crippen MR) is 127 cm³/mol. The van der Waals surface area contributed by atoms with Crippen LogP contribution in [0.3, 0.4) is 0 Å². The number of carbonyl (C=O) groups excluding carboxylic acids is 1. The van der Waals surface area contributed by atoms with Crippen LogP contribution in [-0.2, 0) is 11.2 Å². The molecule has 32 heavy (non-hydrogen) atoms. The molecule has 0 aliphatic carbocycles. The molecule has 0 radical (unpaired) electrons. The first kappa shape index (κ1) is 22.3. The fraction of sp³-hybridized carbons (Fsp3) is 0.261. The number of thiocarbonyl (C=S) groups is 1. The number of benzene rings is 2. The Balaban J connectivity index is 1.57. The van der Waals surface area contributed by atoms with Crippen LogP contribution in [0, 0.1) is 0 Å². The van der Waals surface area contributed by atoms with Gasteiger partial charge in [0.25, 0.3) is 5.91 Å². The number of rotatable bonds is 6. The molecule has 1 amide bonds. The van der Waals surface area contributed by atoms with Crippen molar-refractivity contribution in [2.24, 2.45) is 5.73 Å². The second-order valence-electron chi connectivity index (χ2n) is 7.27. The molecule has 7 nitrogen and oxygen atoms in total. The zero-order chi connectivity index (χ0) is 22.7. The zero-order valence-electron chi connectivity index (χ0n) is 17.5. The maximum atomic E-state index is 11.8. The normalized spacial score (nSPS) is 13.8. The number of carbonyl (C=O) groups is 1. The number of morpholine rings is 1. The van der Waals surface area contributed by atoms with E-state index in [1.165, 1.54) is 7.11 Å². The van der Waals surface area contributed by atoms with Crippen LogP contribution in [0.5, 0.6) is 17.2 Å². The highest BCUT2D eigenvalue weighted by atomic mass is 35.5. The number of pyridine rings is 1. The number of hydrogen-bond acceptors (Lipinski definition) is 6. The molecular weight excluding hydrogens is 450 g/mol. The molecule has 4 rings (SSSR count). The number of hydrogen-bond donors (Lipinski definition) is 1. The van der Waals surface area contributed by atoms with E-state index in [9.17, 15) is 4.79 Å². The molecule has 0 unspecified atom stereocenters. The highest BCUT2D eigenvalue weighted by molar-refractivity contribution is 7.80. The molecule has 3 aromatic rings. The molecule has 0 bridgehead atoms. The molecular formula is C23H22ClN3O4S. The fourth-order valence-corrected chi connectivity index (χ4v) is 4.12. The molecule has 2 aromatic carbocycles. The summed E-state index contributed by atoms with van der Waals surface area (Å²) in [6, 6.07) is 10.5. The highest BCUT2D eigenvalue weighted by Crippen LogP contribution is 2.34. The van der Waals surface area contributed by atoms with Crippen LogP contribution >= 0.6 is 23.8 Å². The van der Waals surface area contributed by atoms with E-state index in [1.54, 1.807) is 30.5 Å². The van der Waals surface area contributed by atoms with E-state index in [0.717, 1.165) is 23.6 Å². The first-order valence-corrected chi connectivity index (χ1v) is 10.8. The monoisotopic (exact) mass is 471 g/mol. The van der Waals surface area contributed by atoms with E-state index in [4.69, 9.17) is 43.8 Å². The number of halogens is 1. The summed E-state index contributed by atoms with van der Waals surface area (Å²) in [5.41, 5.74) is 7.29. The summed E-state index contributed by atoms with van der Waals surface area (Å²) in [6.45, 7) is 2.96. The topological polar surface area (TPSA) is 86.9 Å². The van der Waals surface area contributed by atoms with Gasteiger partial charge >= 0.3 is 0 Å². The summed E-state index contributed by atoms with van der Waals surface area (Å²) in [4.78, 5) is 19.1. The van der Waals surface area contributed by atoms with E-state index >= 15 is 0 Å². The molecule has 0 saturated carbocycles. The first-order valence-electron chi connectivity index (χ1n) is 10.0. The molecule has 1 aliphatic heterocycles. The van der Waals surface area contributed by atoms with Gasteiger partial charge in [-0.1, -0.05) is 29.9 Å². The van der Waals surface area contributed by atoms with Gasteiger partial charge in [-0.15, -0.1) is 0 Å². The third-order valence-electron chi connectivity index (χ3n) is 5.25. The molecule has 1 fully saturated rings. The van der Waals surface area contributed by atoms with E-state index < -0.39 is 5.91 Å². The van der Waals surface area contributed by atoms with Gasteiger partial charge in [0.2, 0.25) is 0 Å². The third-order valence-corrected chi connectivity index (χ3v) is 6.00. The number of nitrogens with zero attached hydrogens (tertiary/aromatic N) is 2. The fourth-order valence-electron chi connectivity index (χ4n) is 3.55. The molecule has 0 spiro atoms. The van der Waals surface area contributed by atoms with Crippen molar-refractivity contribution in [3.63, 3.8) is 0 Å². The average Bonchev–Trinajstić information content (AvgIpc) is 2.80. The van der Waals surface area contributed by atoms with Crippen molar-refractivity contribution in [1.82, 2.24) is 9.88 Å². The predicted octanol–water partition coefficient (Wildman–Crippen LogP) is 3.99. The van der Waals surface area contributed by atoms with Gasteiger partial charge in [-0.3, -0.25) is 9.78 Å². The molecule has 166 valence electrons. The van der Waals surface area contributed by atoms with Gasteiger partial charge in [0.1, 0.15) is 17.2 Å². The van der Waals surface area contributed by atoms with Crippen LogP contribution in [0.1, 0.15) is 15.9 Å². The zero-order valence-corrected chi connectivity index (χ0v) is 19.0. The van der Waals surface area contributed by atoms with Crippen LogP contribution in [0.2, 0.25) is 5.02 Å². The smallest absolute Gasteiger partial charge is 0.252 e. The lowest BCUT2D eigenvalue weighted by Gasteiger charge is -2.29. The van der Waals surface area contributed by atoms with Crippen molar-refractivity contribution in [3.05, 3.63) is 58.7 Å². The molecule has 2 heterocycles. The Kier molecular flexibility index (Phi) is 6.74. The summed E-state index contributed by atoms with van der Waals surface area (Å²) in [5.74, 6) is 0.841. The van der Waals surface area contributed by atoms with E-state index in [-0.39, 0.29) is 5.56 Å². The van der Waals surface area contributed by atoms with Gasteiger partial charge in [0.05, 0.1) is 36.4 Å². The third kappa shape index (κ3) is 4.77. The maximum absolute atomic E-state index is 11.8. The van der Waals surface area contributed by atoms with E-state index in [1.807, 2.05) is 12.1 Å². The molecule has 2 N–H and O–H groups in total. The second-order valence-corrected chi connectivity index (χ2v) is 8.15. The van der Waals surface area contributed by atoms with E-state index in [0.29, 0.717) is 52.8 Å². The van der Waals surface area contributed by atoms with Crippen molar-refractivity contribution in [2.75, 3.05) is 33.4 Å². The van der Waals surface area contributed by atoms with Crippen molar-refractivity contribution < 1.29 is 19.0 Å². The van der Waals surface area contributed by atoms with Gasteiger partial charge in [-0.2, -0.15) is 0 Å². The highest BCUT2D eigenvalue weighted by Gasteiger charge is 2.17. The second kappa shape index (κ2) is 9.68. The Bertz CT molecular complexity index is 1180. The Hall–Kier alpha value is -2.94. The SMILES string of the molecule is COc1cc2nccc(Oc3ccc(CC(=S)N4CCOCC4)c(Cl)c3)c2cc1C(N)=O. The Morgan fingerprint density at radius 2 is 2.00 bits per heavy atom. The van der Waals surface area contributed by atoms with Crippen LogP contribution < -0.4 is 15.2 Å². The number of nitrogens with two attached hydrogens (primary N) is 1. The van der Waals surface area contributed by atoms with Crippen LogP contribution in [-0.4, -0.2) is 54.2 Å². The first-order chi connectivity index (χ1) is 15.5. The molecule has 9 heteroatoms. The standard InChI is InChI=1S/C23H22ClN3O4S/c1-29-21-13-19-16(12-17(21)23(25)28)20(4-5-26-19)31-15-3-2-14(18(24)11-15)10-22(32)27-6-8-30-9-7-27/h2-5,11-13H,6-10H2,1H3,(H2,25,28). The summed E-state index contributed by atoms with van der Waals surface area (Å²) in [5, 5.41) is 1.20. The number of primary amides is 1. The van der Waals surface area contributed by atoms with E-state index in [2.05, 4.69) is 9.88 Å². The number of ether oxygens (including phenoxy) is 3. The van der Waals surface area contributed by atoms with Crippen LogP contribution in [0.4, 0.5) is 0 Å². The minimum Gasteiger partial charge on any atom is -0.496 e. The van der Waals surface area contributed by atoms with Gasteiger partial charge in [0.15, 0.2) is 0 Å². The minimum absolute atomic E-state index is 0.253. The van der Waals surface area contributed by atoms with Gasteiger partial charge in [-0.25, -0.2) is 0 Å². The Labute approximate surface area is 196 Å². The Morgan fingerprint density at radius 1 is 1.22 bits per heavy atom. The van der Waals surface area contributed by atoms with Crippen molar-refractivity contribution in [1.29, 1.82) is 0 Å². The number of methoxy groups -OCH3 is 1. The Morgan fingerprint density at radius 3 is 2.69 bits per heavy atom. The lowest BCUT2D eigenvalue weighted by Crippen LogP contribution is -2.40. The lowest BCUT2D eigenvalue weighted by atomic mass is 10.1. The van der Waals surface area contributed by atoms with Crippen LogP contribution in [0.15, 0.2) is 42.6 Å². The van der Waals surface area contributed by atoms with Gasteiger partial charge in [0, 0.05) is 42.2 Å². The quantitative estimate of drug-likeness (QED) is 0.544. The molecule has 1 saturated heterocycles. The molecule has 0 atom stereocenters. The van der Waals surface area contributed by atoms with Gasteiger partial charge < -0.3 is 24.8 Å². The number of fused-ring (bicyclic) bond motifs is 1. The maximum Gasteiger partial charge on any atom is 0.252 e. The number of aromatic nitrogens is 1. The molecule has 1 aromatic heterocycles. The van der Waals surface area contributed by atoms with Crippen molar-refractivity contribution >= 4 is 45.6 Å². The summed E-state index contributed by atoms with van der Waals surface area (Å²) in [6.07, 6.45) is 2.20. The number of amides is 1. The summed E-state index contributed by atoms with van der Waals surface area (Å²) in [7, 11) is 1.47. The summed E-state index contributed by atoms with van der Waals surface area (Å²) < 4.78 is 16.7. The van der Waals surface area contributed by atoms with Crippen molar-refractivity contribution in [3.8, 4) is 17.2 Å². The minimum atomic E-state index is -0.595.